The van der Waals surface area contributed by atoms with E-state index in [-0.39, 0.29) is 35.1 Å². The minimum Gasteiger partial charge on any atom is -0.393 e. The third-order valence-corrected chi connectivity index (χ3v) is 17.3. The second kappa shape index (κ2) is 15.8. The van der Waals surface area contributed by atoms with Crippen molar-refractivity contribution in [3.05, 3.63) is 59.3 Å². The van der Waals surface area contributed by atoms with Gasteiger partial charge in [-0.3, -0.25) is 9.59 Å². The summed E-state index contributed by atoms with van der Waals surface area (Å²) in [4.78, 5) is 24.3. The Morgan fingerprint density at radius 1 is 0.964 bits per heavy atom. The Labute approximate surface area is 334 Å². The van der Waals surface area contributed by atoms with Crippen LogP contribution in [0.1, 0.15) is 130 Å². The maximum Gasteiger partial charge on any atom is 0.190 e. The number of hydrogen-bond donors (Lipinski definition) is 6. The van der Waals surface area contributed by atoms with Crippen molar-refractivity contribution < 1.29 is 40.2 Å². The first-order valence-corrected chi connectivity index (χ1v) is 22.1. The number of hydrogen-bond acceptors (Lipinski definition) is 8. The molecule has 8 nitrogen and oxygen atoms in total. The molecule has 6 N–H and O–H groups in total. The number of aliphatic hydroxyl groups excluding tert-OH is 5. The molecule has 7 saturated carbocycles. The number of allylic oxidation sites excluding steroid dienone is 5. The molecule has 0 amide bonds. The van der Waals surface area contributed by atoms with Crippen LogP contribution in [0, 0.1) is 57.7 Å². The zero-order chi connectivity index (χ0) is 40.4. The highest BCUT2D eigenvalue weighted by Gasteiger charge is 2.68. The van der Waals surface area contributed by atoms with Crippen molar-refractivity contribution in [1.29, 1.82) is 0 Å². The standard InChI is InChI=1S/C27H40O3.C21H30O5/c1-17(6-13-25(29)20-8-9-20)23-11-12-24-19(5-4-14-27(23,24)3)7-10-21-15-22(28)16-26(30)18(21)2;1-19-7-5-13(23)9-12(19)3-4-14-15-6-8-21(26,17(25)11-22)20(15,2)10-16(24)18(14)19/h6-7,10,13,17,20,22-26,28-30H,2,4-5,8-9,11-12,14-16H2,1,3H3;9,14-16,18,22,24,26H,3-8,10-11H2,1-2H3/b13-6+,19-7+,21-10-;/t17-,22-,23-,24+,25-,26+,27-;14-,15-,16-,18+,19-,20-,21-/m10/s1. The van der Waals surface area contributed by atoms with Gasteiger partial charge in [0.15, 0.2) is 11.6 Å². The molecule has 0 saturated heterocycles. The van der Waals surface area contributed by atoms with Gasteiger partial charge in [0.2, 0.25) is 0 Å². The van der Waals surface area contributed by atoms with E-state index in [0.29, 0.717) is 61.2 Å². The molecular weight excluding hydrogens is 705 g/mol. The summed E-state index contributed by atoms with van der Waals surface area (Å²) in [5, 5.41) is 62.1. The summed E-state index contributed by atoms with van der Waals surface area (Å²) in [7, 11) is 0. The number of fused-ring (bicyclic) bond motifs is 6. The lowest BCUT2D eigenvalue weighted by atomic mass is 9.45. The van der Waals surface area contributed by atoms with Crippen molar-refractivity contribution in [2.75, 3.05) is 6.61 Å². The number of aliphatic hydroxyl groups is 6. The van der Waals surface area contributed by atoms with Crippen LogP contribution >= 0.6 is 0 Å². The summed E-state index contributed by atoms with van der Waals surface area (Å²) in [5.41, 5.74) is 2.40. The van der Waals surface area contributed by atoms with Gasteiger partial charge in [-0.15, -0.1) is 0 Å². The van der Waals surface area contributed by atoms with Gasteiger partial charge in [0.25, 0.3) is 0 Å². The van der Waals surface area contributed by atoms with Gasteiger partial charge in [0.1, 0.15) is 12.2 Å². The van der Waals surface area contributed by atoms with Gasteiger partial charge >= 0.3 is 0 Å². The summed E-state index contributed by atoms with van der Waals surface area (Å²) >= 11 is 0. The molecule has 0 aromatic rings. The molecular formula is C48H70O8. The van der Waals surface area contributed by atoms with Gasteiger partial charge in [-0.25, -0.2) is 0 Å². The van der Waals surface area contributed by atoms with Crippen LogP contribution in [0.3, 0.4) is 0 Å². The molecule has 0 aromatic heterocycles. The normalized spacial score (nSPS) is 46.0. The Morgan fingerprint density at radius 3 is 2.43 bits per heavy atom. The van der Waals surface area contributed by atoms with E-state index in [1.807, 2.05) is 6.92 Å². The molecule has 14 atom stereocenters. The van der Waals surface area contributed by atoms with E-state index in [2.05, 4.69) is 51.7 Å². The van der Waals surface area contributed by atoms with Crippen LogP contribution in [-0.2, 0) is 9.59 Å². The predicted molar refractivity (Wildman–Crippen MR) is 217 cm³/mol. The van der Waals surface area contributed by atoms with Gasteiger partial charge in [-0.2, -0.15) is 0 Å². The number of ketones is 2. The van der Waals surface area contributed by atoms with Crippen LogP contribution < -0.4 is 0 Å². The molecule has 0 spiro atoms. The minimum atomic E-state index is -1.54. The van der Waals surface area contributed by atoms with Gasteiger partial charge in [-0.05, 0) is 159 Å². The average Bonchev–Trinajstić information content (AvgIpc) is 3.89. The highest BCUT2D eigenvalue weighted by molar-refractivity contribution is 5.92. The van der Waals surface area contributed by atoms with Crippen LogP contribution in [0.2, 0.25) is 0 Å². The summed E-state index contributed by atoms with van der Waals surface area (Å²) in [6.07, 6.45) is 22.6. The smallest absolute Gasteiger partial charge is 0.190 e. The Balaban J connectivity index is 0.000000173. The quantitative estimate of drug-likeness (QED) is 0.153. The Hall–Kier alpha value is -2.20. The van der Waals surface area contributed by atoms with E-state index in [1.165, 1.54) is 49.7 Å². The molecule has 0 heterocycles. The fraction of sp³-hybridized carbons (Fsp3) is 0.750. The SMILES string of the molecule is C=C1/C(=C\C=C2/CCC[C@]3(C)[C@@H]([C@H](C)/C=C/[C@@H](O)C4CC4)CC[C@@H]23)C[C@@H](O)C[C@@H]1O.C[C@]12CCC(=O)C=C1CC[C@@H]1[C@@H]2[C@@H](O)C[C@@]2(C)[C@H]1CC[C@]2(O)C(=O)CO. The van der Waals surface area contributed by atoms with Crippen LogP contribution in [0.15, 0.2) is 59.3 Å². The molecule has 7 fully saturated rings. The molecule has 8 rings (SSSR count). The maximum atomic E-state index is 12.4. The lowest BCUT2D eigenvalue weighted by Crippen LogP contribution is -2.62. The van der Waals surface area contributed by atoms with Crippen molar-refractivity contribution in [1.82, 2.24) is 0 Å². The second-order valence-corrected chi connectivity index (χ2v) is 20.3. The number of rotatable bonds is 7. The second-order valence-electron chi connectivity index (χ2n) is 20.3. The van der Waals surface area contributed by atoms with Crippen molar-refractivity contribution >= 4 is 11.6 Å². The third-order valence-electron chi connectivity index (χ3n) is 17.3. The molecule has 8 heteroatoms. The zero-order valence-corrected chi connectivity index (χ0v) is 34.5. The van der Waals surface area contributed by atoms with E-state index < -0.39 is 41.7 Å². The first kappa shape index (κ1) is 41.9. The first-order valence-electron chi connectivity index (χ1n) is 22.1. The van der Waals surface area contributed by atoms with Crippen molar-refractivity contribution in [2.24, 2.45) is 57.7 Å². The molecule has 0 bridgehead atoms. The van der Waals surface area contributed by atoms with Gasteiger partial charge < -0.3 is 30.6 Å². The van der Waals surface area contributed by atoms with Gasteiger partial charge in [-0.1, -0.05) is 69.7 Å². The third kappa shape index (κ3) is 7.25. The van der Waals surface area contributed by atoms with E-state index in [0.717, 1.165) is 43.3 Å². The number of Topliss-reactive ketones (excluding diaryl/α,β-unsaturated/α-hetero) is 1. The molecule has 8 aliphatic rings. The minimum absolute atomic E-state index is 0.0697. The zero-order valence-electron chi connectivity index (χ0n) is 34.5. The topological polar surface area (TPSA) is 156 Å². The predicted octanol–water partition coefficient (Wildman–Crippen LogP) is 6.87. The fourth-order valence-corrected chi connectivity index (χ4v) is 13.9. The van der Waals surface area contributed by atoms with E-state index in [1.54, 1.807) is 6.08 Å². The number of carbonyl (C=O) groups is 2. The highest BCUT2D eigenvalue weighted by Crippen LogP contribution is 2.67. The first-order chi connectivity index (χ1) is 26.5. The highest BCUT2D eigenvalue weighted by atomic mass is 16.3. The van der Waals surface area contributed by atoms with Crippen LogP contribution in [0.25, 0.3) is 0 Å². The summed E-state index contributed by atoms with van der Waals surface area (Å²) in [5.74, 6) is 2.42. The van der Waals surface area contributed by atoms with Crippen LogP contribution in [0.5, 0.6) is 0 Å². The average molecular weight is 775 g/mol. The molecule has 8 aliphatic carbocycles. The van der Waals surface area contributed by atoms with E-state index in [9.17, 15) is 40.2 Å². The monoisotopic (exact) mass is 775 g/mol. The van der Waals surface area contributed by atoms with Gasteiger partial charge in [0.05, 0.1) is 24.4 Å². The fourth-order valence-electron chi connectivity index (χ4n) is 13.9. The van der Waals surface area contributed by atoms with E-state index >= 15 is 0 Å². The molecule has 0 aliphatic heterocycles. The molecule has 310 valence electrons. The molecule has 0 aromatic carbocycles. The molecule has 0 radical (unpaired) electrons. The Bertz CT molecular complexity index is 1670. The van der Waals surface area contributed by atoms with Gasteiger partial charge in [0, 0.05) is 18.3 Å². The van der Waals surface area contributed by atoms with Crippen molar-refractivity contribution in [2.45, 2.75) is 160 Å². The summed E-state index contributed by atoms with van der Waals surface area (Å²) < 4.78 is 0. The maximum absolute atomic E-state index is 12.4. The number of carbonyl (C=O) groups excluding carboxylic acids is 2. The lowest BCUT2D eigenvalue weighted by molar-refractivity contribution is -0.182. The van der Waals surface area contributed by atoms with Crippen LogP contribution in [0.4, 0.5) is 0 Å². The van der Waals surface area contributed by atoms with Crippen molar-refractivity contribution in [3.63, 3.8) is 0 Å². The Morgan fingerprint density at radius 2 is 1.71 bits per heavy atom. The lowest BCUT2D eigenvalue weighted by Gasteiger charge is -2.60. The van der Waals surface area contributed by atoms with Crippen molar-refractivity contribution in [3.8, 4) is 0 Å². The summed E-state index contributed by atoms with van der Waals surface area (Å²) in [6, 6.07) is 0. The van der Waals surface area contributed by atoms with E-state index in [4.69, 9.17) is 0 Å². The largest absolute Gasteiger partial charge is 0.393 e. The Kier molecular flexibility index (Phi) is 11.8. The van der Waals surface area contributed by atoms with Crippen LogP contribution in [-0.4, -0.2) is 78.8 Å². The molecule has 56 heavy (non-hydrogen) atoms. The summed E-state index contributed by atoms with van der Waals surface area (Å²) in [6.45, 7) is 12.3. The molecule has 0 unspecified atom stereocenters.